The lowest BCUT2D eigenvalue weighted by Gasteiger charge is -2.22. The van der Waals surface area contributed by atoms with Gasteiger partial charge in [0.1, 0.15) is 19.3 Å². The molecule has 7 heteroatoms. The topological polar surface area (TPSA) is 81.6 Å². The van der Waals surface area contributed by atoms with Crippen molar-refractivity contribution in [3.05, 3.63) is 41.2 Å². The molecular weight excluding hydrogens is 346 g/mol. The first-order chi connectivity index (χ1) is 13.0. The first-order valence-electron chi connectivity index (χ1n) is 9.22. The van der Waals surface area contributed by atoms with Crippen LogP contribution < -0.4 is 20.1 Å². The Morgan fingerprint density at radius 2 is 1.96 bits per heavy atom. The number of nitrogens with zero attached hydrogens (tertiary/aromatic N) is 1. The fourth-order valence-electron chi connectivity index (χ4n) is 3.71. The zero-order valence-electron chi connectivity index (χ0n) is 15.5. The molecule has 7 nitrogen and oxygen atoms in total. The molecule has 1 aromatic heterocycles. The van der Waals surface area contributed by atoms with E-state index >= 15 is 0 Å². The maximum absolute atomic E-state index is 12.8. The van der Waals surface area contributed by atoms with Crippen LogP contribution in [0.3, 0.4) is 0 Å². The zero-order valence-corrected chi connectivity index (χ0v) is 15.5. The summed E-state index contributed by atoms with van der Waals surface area (Å²) in [5.41, 5.74) is 3.23. The first-order valence-corrected chi connectivity index (χ1v) is 9.22. The molecule has 1 atom stereocenters. The maximum Gasteiger partial charge on any atom is 0.253 e. The van der Waals surface area contributed by atoms with E-state index < -0.39 is 6.04 Å². The number of ether oxygens (including phenoxy) is 2. The van der Waals surface area contributed by atoms with Crippen LogP contribution in [-0.2, 0) is 4.79 Å². The number of hydrogen-bond donors (Lipinski definition) is 2. The number of carbonyl (C=O) groups is 2. The summed E-state index contributed by atoms with van der Waals surface area (Å²) in [6.45, 7) is 5.60. The molecule has 0 spiro atoms. The lowest BCUT2D eigenvalue weighted by Crippen LogP contribution is -2.50. The number of aromatic nitrogens is 1. The molecule has 2 amide bonds. The van der Waals surface area contributed by atoms with Gasteiger partial charge in [-0.25, -0.2) is 0 Å². The van der Waals surface area contributed by atoms with E-state index in [0.29, 0.717) is 37.5 Å². The first kappa shape index (κ1) is 17.5. The van der Waals surface area contributed by atoms with Crippen LogP contribution in [0.25, 0.3) is 5.69 Å². The Kier molecular flexibility index (Phi) is 4.51. The Morgan fingerprint density at radius 1 is 1.19 bits per heavy atom. The Labute approximate surface area is 157 Å². The fourth-order valence-corrected chi connectivity index (χ4v) is 3.71. The number of nitrogens with one attached hydrogen (secondary N) is 2. The van der Waals surface area contributed by atoms with E-state index in [2.05, 4.69) is 10.6 Å². The highest BCUT2D eigenvalue weighted by atomic mass is 16.6. The molecule has 142 valence electrons. The lowest BCUT2D eigenvalue weighted by molar-refractivity contribution is -0.124. The molecule has 0 bridgehead atoms. The van der Waals surface area contributed by atoms with Crippen LogP contribution in [-0.4, -0.2) is 42.2 Å². The second-order valence-corrected chi connectivity index (χ2v) is 6.91. The van der Waals surface area contributed by atoms with Gasteiger partial charge in [-0.1, -0.05) is 0 Å². The number of amides is 2. The van der Waals surface area contributed by atoms with Crippen LogP contribution >= 0.6 is 0 Å². The average molecular weight is 369 g/mol. The molecule has 1 saturated heterocycles. The summed E-state index contributed by atoms with van der Waals surface area (Å²) >= 11 is 0. The largest absolute Gasteiger partial charge is 0.486 e. The van der Waals surface area contributed by atoms with Crippen LogP contribution in [0.2, 0.25) is 0 Å². The van der Waals surface area contributed by atoms with Gasteiger partial charge in [-0.2, -0.15) is 0 Å². The molecule has 0 unspecified atom stereocenters. The van der Waals surface area contributed by atoms with E-state index in [1.54, 1.807) is 0 Å². The lowest BCUT2D eigenvalue weighted by atomic mass is 10.1. The summed E-state index contributed by atoms with van der Waals surface area (Å²) < 4.78 is 13.3. The van der Waals surface area contributed by atoms with E-state index in [1.165, 1.54) is 0 Å². The van der Waals surface area contributed by atoms with Gasteiger partial charge in [-0.05, 0) is 44.9 Å². The van der Waals surface area contributed by atoms with E-state index in [-0.39, 0.29) is 11.8 Å². The normalized spacial score (nSPS) is 18.7. The minimum atomic E-state index is -0.469. The molecular formula is C20H23N3O4. The molecule has 27 heavy (non-hydrogen) atoms. The van der Waals surface area contributed by atoms with E-state index in [0.717, 1.165) is 29.2 Å². The van der Waals surface area contributed by atoms with Gasteiger partial charge < -0.3 is 24.7 Å². The van der Waals surface area contributed by atoms with Crippen molar-refractivity contribution in [1.82, 2.24) is 15.2 Å². The standard InChI is InChI=1S/C20H23N3O4/c1-12-10-15(19(24)22-16-4-3-7-21-20(16)25)13(2)23(12)14-5-6-17-18(11-14)27-9-8-26-17/h5-6,10-11,16H,3-4,7-9H2,1-2H3,(H,21,25)(H,22,24)/t16-/m0/s1. The maximum atomic E-state index is 12.8. The third-order valence-electron chi connectivity index (χ3n) is 5.05. The molecule has 1 fully saturated rings. The SMILES string of the molecule is Cc1cc(C(=O)N[C@H]2CCCNC2=O)c(C)n1-c1ccc2c(c1)OCCO2. The Morgan fingerprint density at radius 3 is 2.74 bits per heavy atom. The van der Waals surface area contributed by atoms with Crippen molar-refractivity contribution in [2.75, 3.05) is 19.8 Å². The summed E-state index contributed by atoms with van der Waals surface area (Å²) in [7, 11) is 0. The molecule has 4 rings (SSSR count). The van der Waals surface area contributed by atoms with E-state index in [1.807, 2.05) is 42.7 Å². The number of benzene rings is 1. The molecule has 2 aliphatic rings. The number of piperidine rings is 1. The van der Waals surface area contributed by atoms with Gasteiger partial charge in [-0.15, -0.1) is 0 Å². The highest BCUT2D eigenvalue weighted by Crippen LogP contribution is 2.33. The summed E-state index contributed by atoms with van der Waals surface area (Å²) in [5, 5.41) is 5.65. The molecule has 1 aromatic carbocycles. The molecule has 2 aliphatic heterocycles. The third kappa shape index (κ3) is 3.25. The van der Waals surface area contributed by atoms with Crippen LogP contribution in [0.1, 0.15) is 34.6 Å². The highest BCUT2D eigenvalue weighted by molar-refractivity contribution is 5.99. The number of hydrogen-bond acceptors (Lipinski definition) is 4. The molecule has 0 saturated carbocycles. The van der Waals surface area contributed by atoms with Crippen molar-refractivity contribution >= 4 is 11.8 Å². The second kappa shape index (κ2) is 6.98. The van der Waals surface area contributed by atoms with E-state index in [4.69, 9.17) is 9.47 Å². The van der Waals surface area contributed by atoms with Crippen LogP contribution in [0.5, 0.6) is 11.5 Å². The van der Waals surface area contributed by atoms with Crippen molar-refractivity contribution in [1.29, 1.82) is 0 Å². The van der Waals surface area contributed by atoms with Crippen LogP contribution in [0, 0.1) is 13.8 Å². The summed E-state index contributed by atoms with van der Waals surface area (Å²) in [4.78, 5) is 24.7. The number of rotatable bonds is 3. The van der Waals surface area contributed by atoms with Crippen molar-refractivity contribution in [3.63, 3.8) is 0 Å². The van der Waals surface area contributed by atoms with Crippen molar-refractivity contribution in [2.45, 2.75) is 32.7 Å². The van der Waals surface area contributed by atoms with Crippen molar-refractivity contribution < 1.29 is 19.1 Å². The minimum Gasteiger partial charge on any atom is -0.486 e. The van der Waals surface area contributed by atoms with Gasteiger partial charge in [0.2, 0.25) is 5.91 Å². The van der Waals surface area contributed by atoms with Gasteiger partial charge in [0.05, 0.1) is 5.56 Å². The monoisotopic (exact) mass is 369 g/mol. The van der Waals surface area contributed by atoms with Crippen LogP contribution in [0.4, 0.5) is 0 Å². The fraction of sp³-hybridized carbons (Fsp3) is 0.400. The van der Waals surface area contributed by atoms with Gasteiger partial charge >= 0.3 is 0 Å². The van der Waals surface area contributed by atoms with Crippen LogP contribution in [0.15, 0.2) is 24.3 Å². The highest BCUT2D eigenvalue weighted by Gasteiger charge is 2.26. The number of carbonyl (C=O) groups excluding carboxylic acids is 2. The van der Waals surface area contributed by atoms with Gasteiger partial charge in [0.15, 0.2) is 11.5 Å². The Balaban J connectivity index is 1.62. The number of fused-ring (bicyclic) bond motifs is 1. The predicted octanol–water partition coefficient (Wildman–Crippen LogP) is 1.87. The Bertz CT molecular complexity index is 903. The molecule has 3 heterocycles. The Hall–Kier alpha value is -2.96. The molecule has 2 N–H and O–H groups in total. The zero-order chi connectivity index (χ0) is 19.0. The average Bonchev–Trinajstić information content (AvgIpc) is 2.97. The summed E-state index contributed by atoms with van der Waals surface area (Å²) in [5.74, 6) is 1.09. The van der Waals surface area contributed by atoms with E-state index in [9.17, 15) is 9.59 Å². The van der Waals surface area contributed by atoms with Crippen molar-refractivity contribution in [3.8, 4) is 17.2 Å². The molecule has 0 radical (unpaired) electrons. The third-order valence-corrected chi connectivity index (χ3v) is 5.05. The molecule has 2 aromatic rings. The molecule has 0 aliphatic carbocycles. The quantitative estimate of drug-likeness (QED) is 0.866. The van der Waals surface area contributed by atoms with Gasteiger partial charge in [-0.3, -0.25) is 9.59 Å². The van der Waals surface area contributed by atoms with Gasteiger partial charge in [0, 0.05) is 29.7 Å². The second-order valence-electron chi connectivity index (χ2n) is 6.91. The smallest absolute Gasteiger partial charge is 0.253 e. The predicted molar refractivity (Wildman–Crippen MR) is 99.7 cm³/mol. The van der Waals surface area contributed by atoms with Gasteiger partial charge in [0.25, 0.3) is 5.91 Å². The summed E-state index contributed by atoms with van der Waals surface area (Å²) in [6, 6.07) is 7.13. The van der Waals surface area contributed by atoms with Crippen molar-refractivity contribution in [2.24, 2.45) is 0 Å². The minimum absolute atomic E-state index is 0.116. The summed E-state index contributed by atoms with van der Waals surface area (Å²) in [6.07, 6.45) is 1.53. The number of aryl methyl sites for hydroxylation is 1.